The van der Waals surface area contributed by atoms with Crippen LogP contribution in [0.15, 0.2) is 53.4 Å². The van der Waals surface area contributed by atoms with Gasteiger partial charge in [0.25, 0.3) is 0 Å². The molecule has 0 aliphatic carbocycles. The number of piperidine rings is 1. The molecule has 3 rings (SSSR count). The molecule has 0 aromatic heterocycles. The Morgan fingerprint density at radius 1 is 1.14 bits per heavy atom. The third-order valence-electron chi connectivity index (χ3n) is 4.70. The van der Waals surface area contributed by atoms with Crippen LogP contribution in [0.1, 0.15) is 24.8 Å². The van der Waals surface area contributed by atoms with E-state index in [-0.39, 0.29) is 16.1 Å². The lowest BCUT2D eigenvalue weighted by molar-refractivity contribution is -0.111. The van der Waals surface area contributed by atoms with Gasteiger partial charge in [0.05, 0.1) is 17.7 Å². The third-order valence-corrected chi connectivity index (χ3v) is 6.60. The summed E-state index contributed by atoms with van der Waals surface area (Å²) < 4.78 is 46.1. The van der Waals surface area contributed by atoms with Crippen molar-refractivity contribution in [2.75, 3.05) is 25.5 Å². The van der Waals surface area contributed by atoms with E-state index in [1.165, 1.54) is 47.8 Å². The van der Waals surface area contributed by atoms with E-state index >= 15 is 0 Å². The summed E-state index contributed by atoms with van der Waals surface area (Å²) in [5.41, 5.74) is 0.504. The van der Waals surface area contributed by atoms with Gasteiger partial charge in [-0.2, -0.15) is 4.31 Å². The van der Waals surface area contributed by atoms with Crippen molar-refractivity contribution >= 4 is 27.7 Å². The molecule has 154 valence electrons. The molecule has 0 unspecified atom stereocenters. The number of hydrogen-bond acceptors (Lipinski definition) is 4. The van der Waals surface area contributed by atoms with Crippen molar-refractivity contribution in [1.82, 2.24) is 4.31 Å². The van der Waals surface area contributed by atoms with Gasteiger partial charge in [0, 0.05) is 24.7 Å². The maximum atomic E-state index is 13.7. The Morgan fingerprint density at radius 3 is 2.55 bits per heavy atom. The van der Waals surface area contributed by atoms with Gasteiger partial charge in [0.1, 0.15) is 11.6 Å². The predicted octanol–water partition coefficient (Wildman–Crippen LogP) is 3.66. The summed E-state index contributed by atoms with van der Waals surface area (Å²) in [5, 5.41) is 2.61. The summed E-state index contributed by atoms with van der Waals surface area (Å²) in [4.78, 5) is 12.4. The molecule has 29 heavy (non-hydrogen) atoms. The summed E-state index contributed by atoms with van der Waals surface area (Å²) in [6.45, 7) is 0.975. The summed E-state index contributed by atoms with van der Waals surface area (Å²) >= 11 is 0. The molecule has 1 heterocycles. The second-order valence-corrected chi connectivity index (χ2v) is 8.61. The number of benzene rings is 2. The first kappa shape index (κ1) is 21.0. The Hall–Kier alpha value is -2.71. The number of anilines is 1. The van der Waals surface area contributed by atoms with Crippen LogP contribution in [0, 0.1) is 5.82 Å². The fourth-order valence-electron chi connectivity index (χ4n) is 3.15. The van der Waals surface area contributed by atoms with Crippen LogP contribution in [0.5, 0.6) is 5.75 Å². The Morgan fingerprint density at radius 2 is 1.86 bits per heavy atom. The van der Waals surface area contributed by atoms with Crippen LogP contribution in [0.3, 0.4) is 0 Å². The molecule has 8 heteroatoms. The average molecular weight is 418 g/mol. The van der Waals surface area contributed by atoms with Crippen molar-refractivity contribution in [2.45, 2.75) is 24.2 Å². The highest BCUT2D eigenvalue weighted by molar-refractivity contribution is 7.89. The third kappa shape index (κ3) is 5.02. The van der Waals surface area contributed by atoms with Gasteiger partial charge >= 0.3 is 0 Å². The minimum atomic E-state index is -3.65. The van der Waals surface area contributed by atoms with Gasteiger partial charge in [-0.3, -0.25) is 4.79 Å². The number of methoxy groups -OCH3 is 1. The zero-order valence-electron chi connectivity index (χ0n) is 16.1. The van der Waals surface area contributed by atoms with Gasteiger partial charge < -0.3 is 10.1 Å². The van der Waals surface area contributed by atoms with Crippen molar-refractivity contribution < 1.29 is 22.3 Å². The second-order valence-electron chi connectivity index (χ2n) is 6.67. The molecule has 1 aliphatic heterocycles. The first-order valence-electron chi connectivity index (χ1n) is 9.33. The molecule has 2 aromatic carbocycles. The number of amides is 1. The van der Waals surface area contributed by atoms with Crippen molar-refractivity contribution in [1.29, 1.82) is 0 Å². The van der Waals surface area contributed by atoms with E-state index in [0.717, 1.165) is 19.3 Å². The van der Waals surface area contributed by atoms with Crippen LogP contribution in [0.2, 0.25) is 0 Å². The van der Waals surface area contributed by atoms with Crippen LogP contribution < -0.4 is 10.1 Å². The average Bonchev–Trinajstić information content (AvgIpc) is 2.73. The summed E-state index contributed by atoms with van der Waals surface area (Å²) in [6, 6.07) is 10.4. The van der Waals surface area contributed by atoms with Gasteiger partial charge in [-0.25, -0.2) is 12.8 Å². The molecule has 1 fully saturated rings. The number of hydrogen-bond donors (Lipinski definition) is 1. The van der Waals surface area contributed by atoms with Crippen molar-refractivity contribution in [3.8, 4) is 5.75 Å². The largest absolute Gasteiger partial charge is 0.495 e. The highest BCUT2D eigenvalue weighted by Crippen LogP contribution is 2.30. The van der Waals surface area contributed by atoms with Gasteiger partial charge in [-0.05, 0) is 43.2 Å². The Kier molecular flexibility index (Phi) is 6.66. The molecular formula is C21H23FN2O4S. The van der Waals surface area contributed by atoms with Crippen molar-refractivity contribution in [3.05, 3.63) is 59.9 Å². The molecule has 0 atom stereocenters. The number of ether oxygens (including phenoxy) is 1. The van der Waals surface area contributed by atoms with E-state index in [0.29, 0.717) is 18.8 Å². The van der Waals surface area contributed by atoms with Crippen LogP contribution in [0.25, 0.3) is 6.08 Å². The monoisotopic (exact) mass is 418 g/mol. The molecule has 1 amide bonds. The van der Waals surface area contributed by atoms with Crippen LogP contribution in [0.4, 0.5) is 10.1 Å². The fraction of sp³-hybridized carbons (Fsp3) is 0.286. The molecule has 0 spiro atoms. The summed E-state index contributed by atoms with van der Waals surface area (Å²) in [7, 11) is -2.22. The van der Waals surface area contributed by atoms with E-state index in [9.17, 15) is 17.6 Å². The highest BCUT2D eigenvalue weighted by atomic mass is 32.2. The summed E-state index contributed by atoms with van der Waals surface area (Å²) in [6.07, 6.45) is 5.22. The van der Waals surface area contributed by atoms with Crippen molar-refractivity contribution in [2.24, 2.45) is 0 Å². The van der Waals surface area contributed by atoms with E-state index in [4.69, 9.17) is 4.74 Å². The maximum Gasteiger partial charge on any atom is 0.248 e. The van der Waals surface area contributed by atoms with E-state index in [2.05, 4.69) is 5.32 Å². The normalized spacial score (nSPS) is 15.4. The topological polar surface area (TPSA) is 75.7 Å². The number of sulfonamides is 1. The Bertz CT molecular complexity index is 1020. The van der Waals surface area contributed by atoms with Gasteiger partial charge in [-0.15, -0.1) is 0 Å². The van der Waals surface area contributed by atoms with Gasteiger partial charge in [0.15, 0.2) is 0 Å². The maximum absolute atomic E-state index is 13.7. The number of carbonyl (C=O) groups is 1. The standard InChI is InChI=1S/C21H23FN2O4S/c1-28-20-11-10-17(29(26,27)24-13-5-2-6-14-24)15-19(20)23-21(25)12-9-16-7-3-4-8-18(16)22/h3-4,7-12,15H,2,5-6,13-14H2,1H3,(H,23,25)/b12-9+. The summed E-state index contributed by atoms with van der Waals surface area (Å²) in [5.74, 6) is -0.641. The van der Waals surface area contributed by atoms with E-state index in [1.807, 2.05) is 0 Å². The van der Waals surface area contributed by atoms with Gasteiger partial charge in [0.2, 0.25) is 15.9 Å². The molecule has 0 radical (unpaired) electrons. The predicted molar refractivity (Wildman–Crippen MR) is 110 cm³/mol. The number of halogens is 1. The smallest absolute Gasteiger partial charge is 0.248 e. The lowest BCUT2D eigenvalue weighted by atomic mass is 10.2. The number of carbonyl (C=O) groups excluding carboxylic acids is 1. The van der Waals surface area contributed by atoms with Crippen LogP contribution in [-0.4, -0.2) is 38.8 Å². The Labute approximate surface area is 170 Å². The SMILES string of the molecule is COc1ccc(S(=O)(=O)N2CCCCC2)cc1NC(=O)/C=C/c1ccccc1F. The number of nitrogens with zero attached hydrogens (tertiary/aromatic N) is 1. The quantitative estimate of drug-likeness (QED) is 0.727. The molecule has 1 saturated heterocycles. The minimum absolute atomic E-state index is 0.0913. The number of nitrogens with one attached hydrogen (secondary N) is 1. The van der Waals surface area contributed by atoms with E-state index < -0.39 is 21.7 Å². The van der Waals surface area contributed by atoms with E-state index in [1.54, 1.807) is 18.2 Å². The molecule has 1 N–H and O–H groups in total. The molecule has 2 aromatic rings. The molecule has 0 saturated carbocycles. The molecular weight excluding hydrogens is 395 g/mol. The first-order chi connectivity index (χ1) is 13.9. The molecule has 1 aliphatic rings. The second kappa shape index (κ2) is 9.19. The highest BCUT2D eigenvalue weighted by Gasteiger charge is 2.26. The Balaban J connectivity index is 1.82. The van der Waals surface area contributed by atoms with Crippen LogP contribution >= 0.6 is 0 Å². The first-order valence-corrected chi connectivity index (χ1v) is 10.8. The lowest BCUT2D eigenvalue weighted by Gasteiger charge is -2.26. The van der Waals surface area contributed by atoms with Gasteiger partial charge in [-0.1, -0.05) is 24.6 Å². The van der Waals surface area contributed by atoms with Crippen molar-refractivity contribution in [3.63, 3.8) is 0 Å². The lowest BCUT2D eigenvalue weighted by Crippen LogP contribution is -2.35. The zero-order chi connectivity index (χ0) is 20.9. The molecule has 0 bridgehead atoms. The fourth-order valence-corrected chi connectivity index (χ4v) is 4.69. The molecule has 6 nitrogen and oxygen atoms in total. The minimum Gasteiger partial charge on any atom is -0.495 e. The number of rotatable bonds is 6. The van der Waals surface area contributed by atoms with Crippen LogP contribution in [-0.2, 0) is 14.8 Å². The zero-order valence-corrected chi connectivity index (χ0v) is 16.9.